The van der Waals surface area contributed by atoms with Gasteiger partial charge in [0.1, 0.15) is 0 Å². The van der Waals surface area contributed by atoms with Crippen LogP contribution in [0.25, 0.3) is 0 Å². The van der Waals surface area contributed by atoms with Crippen molar-refractivity contribution in [2.75, 3.05) is 12.3 Å². The van der Waals surface area contributed by atoms with Crippen LogP contribution in [0.5, 0.6) is 0 Å². The summed E-state index contributed by atoms with van der Waals surface area (Å²) in [5.41, 5.74) is 1.65. The van der Waals surface area contributed by atoms with Crippen LogP contribution in [0.3, 0.4) is 0 Å². The zero-order chi connectivity index (χ0) is 6.97. The largest absolute Gasteiger partial charge is 0.292 e. The first-order valence-electron chi connectivity index (χ1n) is 3.73. The van der Waals surface area contributed by atoms with Crippen LogP contribution < -0.4 is 0 Å². The highest BCUT2D eigenvalue weighted by Gasteiger charge is 2.22. The fraction of sp³-hybridized carbons (Fsp3) is 0.625. The summed E-state index contributed by atoms with van der Waals surface area (Å²) < 4.78 is 0. The summed E-state index contributed by atoms with van der Waals surface area (Å²) in [6, 6.07) is 0. The van der Waals surface area contributed by atoms with Gasteiger partial charge in [0.15, 0.2) is 0 Å². The Labute approximate surface area is 65.6 Å². The van der Waals surface area contributed by atoms with Gasteiger partial charge in [-0.1, -0.05) is 6.92 Å². The number of rotatable bonds is 0. The van der Waals surface area contributed by atoms with Crippen molar-refractivity contribution < 1.29 is 0 Å². The molecule has 1 nitrogen and oxygen atoms in total. The second-order valence-corrected chi connectivity index (χ2v) is 3.95. The fourth-order valence-electron chi connectivity index (χ4n) is 1.47. The second kappa shape index (κ2) is 2.42. The average Bonchev–Trinajstić information content (AvgIpc) is 2.34. The van der Waals surface area contributed by atoms with Crippen LogP contribution in [0.2, 0.25) is 0 Å². The number of thioether (sulfide) groups is 1. The molecule has 0 saturated carbocycles. The maximum atomic E-state index is 4.25. The molecule has 10 heavy (non-hydrogen) atoms. The van der Waals surface area contributed by atoms with E-state index in [1.807, 2.05) is 18.0 Å². The molecule has 2 heterocycles. The third-order valence-corrected chi connectivity index (χ3v) is 3.46. The fourth-order valence-corrected chi connectivity index (χ4v) is 2.74. The van der Waals surface area contributed by atoms with Gasteiger partial charge in [-0.3, -0.25) is 4.99 Å². The van der Waals surface area contributed by atoms with E-state index in [-0.39, 0.29) is 0 Å². The smallest absolute Gasteiger partial charge is 0.0427 e. The van der Waals surface area contributed by atoms with Crippen LogP contribution in [0.1, 0.15) is 13.3 Å². The van der Waals surface area contributed by atoms with Gasteiger partial charge in [-0.15, -0.1) is 11.8 Å². The summed E-state index contributed by atoms with van der Waals surface area (Å²) in [5, 5.41) is 0. The van der Waals surface area contributed by atoms with Crippen LogP contribution in [0.4, 0.5) is 0 Å². The van der Waals surface area contributed by atoms with Crippen molar-refractivity contribution in [2.45, 2.75) is 13.3 Å². The molecule has 0 aromatic rings. The Bertz CT molecular complexity index is 205. The number of allylic oxidation sites excluding steroid dienone is 1. The Morgan fingerprint density at radius 2 is 2.60 bits per heavy atom. The highest BCUT2D eigenvalue weighted by molar-refractivity contribution is 8.04. The highest BCUT2D eigenvalue weighted by atomic mass is 32.2. The molecule has 1 atom stereocenters. The lowest BCUT2D eigenvalue weighted by Gasteiger charge is -2.09. The third kappa shape index (κ3) is 0.908. The van der Waals surface area contributed by atoms with Gasteiger partial charge in [0.25, 0.3) is 0 Å². The van der Waals surface area contributed by atoms with Gasteiger partial charge in [0.05, 0.1) is 0 Å². The molecule has 2 aliphatic heterocycles. The zero-order valence-electron chi connectivity index (χ0n) is 6.13. The molecule has 2 heteroatoms. The van der Waals surface area contributed by atoms with Gasteiger partial charge < -0.3 is 0 Å². The third-order valence-electron chi connectivity index (χ3n) is 2.12. The molecule has 0 spiro atoms. The molecule has 54 valence electrons. The van der Waals surface area contributed by atoms with E-state index in [0.29, 0.717) is 0 Å². The monoisotopic (exact) mass is 153 g/mol. The van der Waals surface area contributed by atoms with Crippen LogP contribution in [0.15, 0.2) is 15.5 Å². The van der Waals surface area contributed by atoms with E-state index in [4.69, 9.17) is 0 Å². The first-order valence-corrected chi connectivity index (χ1v) is 4.72. The average molecular weight is 153 g/mol. The first-order chi connectivity index (χ1) is 4.88. The quantitative estimate of drug-likeness (QED) is 0.519. The summed E-state index contributed by atoms with van der Waals surface area (Å²) in [5.74, 6) is 2.09. The summed E-state index contributed by atoms with van der Waals surface area (Å²) in [7, 11) is 0. The molecule has 0 saturated heterocycles. The minimum Gasteiger partial charge on any atom is -0.292 e. The zero-order valence-corrected chi connectivity index (χ0v) is 6.95. The van der Waals surface area contributed by atoms with Crippen molar-refractivity contribution in [3.05, 3.63) is 10.5 Å². The van der Waals surface area contributed by atoms with Gasteiger partial charge in [-0.25, -0.2) is 0 Å². The van der Waals surface area contributed by atoms with E-state index < -0.39 is 0 Å². The molecule has 0 radical (unpaired) electrons. The molecule has 2 aliphatic rings. The number of hydrogen-bond acceptors (Lipinski definition) is 2. The molecule has 0 N–H and O–H groups in total. The van der Waals surface area contributed by atoms with E-state index in [1.165, 1.54) is 17.1 Å². The predicted octanol–water partition coefficient (Wildman–Crippen LogP) is 2.10. The SMILES string of the molecule is CC1CSC2=C1CCN=C2. The van der Waals surface area contributed by atoms with Crippen molar-refractivity contribution in [1.82, 2.24) is 0 Å². The van der Waals surface area contributed by atoms with Gasteiger partial charge in [0, 0.05) is 23.4 Å². The lowest BCUT2D eigenvalue weighted by Crippen LogP contribution is -2.02. The molecule has 0 amide bonds. The first kappa shape index (κ1) is 6.47. The van der Waals surface area contributed by atoms with E-state index in [2.05, 4.69) is 11.9 Å². The highest BCUT2D eigenvalue weighted by Crippen LogP contribution is 2.37. The predicted molar refractivity (Wildman–Crippen MR) is 46.6 cm³/mol. The summed E-state index contributed by atoms with van der Waals surface area (Å²) >= 11 is 1.96. The Morgan fingerprint density at radius 3 is 3.40 bits per heavy atom. The van der Waals surface area contributed by atoms with Crippen molar-refractivity contribution >= 4 is 18.0 Å². The molecule has 0 aliphatic carbocycles. The summed E-state index contributed by atoms with van der Waals surface area (Å²) in [6.07, 6.45) is 3.26. The molecule has 1 unspecified atom stereocenters. The molecule has 0 aromatic carbocycles. The van der Waals surface area contributed by atoms with Crippen molar-refractivity contribution in [3.8, 4) is 0 Å². The van der Waals surface area contributed by atoms with E-state index in [0.717, 1.165) is 12.5 Å². The van der Waals surface area contributed by atoms with Gasteiger partial charge in [-0.05, 0) is 17.9 Å². The lowest BCUT2D eigenvalue weighted by molar-refractivity contribution is 0.732. The number of dihydropyridines is 1. The minimum absolute atomic E-state index is 0.812. The van der Waals surface area contributed by atoms with Gasteiger partial charge in [0.2, 0.25) is 0 Å². The molecular formula is C8H11NS. The number of aliphatic imine (C=N–C) groups is 1. The Hall–Kier alpha value is -0.240. The van der Waals surface area contributed by atoms with E-state index in [1.54, 1.807) is 5.57 Å². The Kier molecular flexibility index (Phi) is 1.57. The van der Waals surface area contributed by atoms with E-state index >= 15 is 0 Å². The van der Waals surface area contributed by atoms with Crippen molar-refractivity contribution in [3.63, 3.8) is 0 Å². The maximum absolute atomic E-state index is 4.25. The lowest BCUT2D eigenvalue weighted by atomic mass is 9.99. The summed E-state index contributed by atoms with van der Waals surface area (Å²) in [4.78, 5) is 5.71. The summed E-state index contributed by atoms with van der Waals surface area (Å²) in [6.45, 7) is 3.33. The van der Waals surface area contributed by atoms with Crippen LogP contribution in [-0.4, -0.2) is 18.5 Å². The van der Waals surface area contributed by atoms with Crippen molar-refractivity contribution in [2.24, 2.45) is 10.9 Å². The number of hydrogen-bond donors (Lipinski definition) is 0. The van der Waals surface area contributed by atoms with Crippen LogP contribution in [-0.2, 0) is 0 Å². The van der Waals surface area contributed by atoms with Crippen LogP contribution >= 0.6 is 11.8 Å². The minimum atomic E-state index is 0.812. The van der Waals surface area contributed by atoms with Gasteiger partial charge in [-0.2, -0.15) is 0 Å². The Morgan fingerprint density at radius 1 is 1.70 bits per heavy atom. The second-order valence-electron chi connectivity index (χ2n) is 2.89. The molecule has 0 aromatic heterocycles. The maximum Gasteiger partial charge on any atom is 0.0427 e. The molecule has 0 bridgehead atoms. The van der Waals surface area contributed by atoms with Crippen molar-refractivity contribution in [1.29, 1.82) is 0 Å². The molecule has 2 rings (SSSR count). The topological polar surface area (TPSA) is 12.4 Å². The molecular weight excluding hydrogens is 142 g/mol. The Balaban J connectivity index is 2.29. The number of nitrogens with zero attached hydrogens (tertiary/aromatic N) is 1. The van der Waals surface area contributed by atoms with Crippen LogP contribution in [0, 0.1) is 5.92 Å². The normalized spacial score (nSPS) is 31.1. The standard InChI is InChI=1S/C8H11NS/c1-6-5-10-8-4-9-3-2-7(6)8/h4,6H,2-3,5H2,1H3. The van der Waals surface area contributed by atoms with E-state index in [9.17, 15) is 0 Å². The molecule has 0 fully saturated rings. The van der Waals surface area contributed by atoms with Gasteiger partial charge >= 0.3 is 0 Å².